The van der Waals surface area contributed by atoms with Crippen molar-refractivity contribution in [3.05, 3.63) is 23.5 Å². The molecule has 0 saturated carbocycles. The molecule has 7 N–H and O–H groups in total. The van der Waals surface area contributed by atoms with Gasteiger partial charge in [0.25, 0.3) is 0 Å². The number of nitrogens with zero attached hydrogens (tertiary/aromatic N) is 3. The SMILES string of the molecule is C[C@H]1CCOC2C(CNN2C)C2NCCC(NC3CC4C(CN3)C(c3ccc5n3CCNC5)NN41)N2. The number of rotatable bonds is 1. The summed E-state index contributed by atoms with van der Waals surface area (Å²) in [5.41, 5.74) is 10.4. The van der Waals surface area contributed by atoms with Crippen molar-refractivity contribution in [2.24, 2.45) is 11.8 Å². The van der Waals surface area contributed by atoms with E-state index in [1.165, 1.54) is 11.4 Å². The number of hydrogen-bond acceptors (Lipinski definition) is 10. The van der Waals surface area contributed by atoms with Gasteiger partial charge in [-0.2, -0.15) is 0 Å². The van der Waals surface area contributed by atoms with E-state index in [1.807, 2.05) is 0 Å². The molecule has 5 fully saturated rings. The quantitative estimate of drug-likeness (QED) is 0.254. The Hall–Kier alpha value is -1.12. The molecule has 6 aliphatic heterocycles. The van der Waals surface area contributed by atoms with Crippen molar-refractivity contribution in [1.82, 2.24) is 52.0 Å². The molecule has 9 atom stereocenters. The lowest BCUT2D eigenvalue weighted by molar-refractivity contribution is -0.0791. The molecule has 1 aromatic rings. The lowest BCUT2D eigenvalue weighted by atomic mass is 9.85. The van der Waals surface area contributed by atoms with Crippen molar-refractivity contribution < 1.29 is 4.74 Å². The molecule has 200 valence electrons. The molecule has 0 aromatic carbocycles. The normalized spacial score (nSPS) is 44.1. The second-order valence-electron chi connectivity index (χ2n) is 11.7. The Morgan fingerprint density at radius 1 is 1.00 bits per heavy atom. The Morgan fingerprint density at radius 3 is 2.89 bits per heavy atom. The number of hydrogen-bond donors (Lipinski definition) is 7. The van der Waals surface area contributed by atoms with Crippen LogP contribution >= 0.6 is 0 Å². The van der Waals surface area contributed by atoms with Crippen LogP contribution < -0.4 is 37.4 Å². The standard InChI is InChI=1S/C25H44N10O/c1-15-6-10-36-25-18(14-29-33(25)2)24-27-7-5-21(31-24)30-22-11-20-17(13-28-22)23(32-35(15)20)19-4-3-16-12-26-8-9-34(16)19/h3-4,15,17-18,20-32H,5-14H2,1-2H3/t15-,17?,18?,20?,21?,22?,23?,24?,25?/m0/s1. The first-order chi connectivity index (χ1) is 17.7. The molecule has 0 radical (unpaired) electrons. The minimum Gasteiger partial charge on any atom is -0.361 e. The molecule has 11 heteroatoms. The summed E-state index contributed by atoms with van der Waals surface area (Å²) in [4.78, 5) is 0. The van der Waals surface area contributed by atoms with E-state index in [1.54, 1.807) is 0 Å². The van der Waals surface area contributed by atoms with E-state index in [2.05, 4.69) is 78.1 Å². The summed E-state index contributed by atoms with van der Waals surface area (Å²) in [6.07, 6.45) is 4.09. The van der Waals surface area contributed by atoms with Crippen LogP contribution in [0.5, 0.6) is 0 Å². The lowest BCUT2D eigenvalue weighted by Crippen LogP contribution is -2.67. The number of aromatic nitrogens is 1. The molecular formula is C25H44N10O. The third-order valence-electron chi connectivity index (χ3n) is 9.52. The summed E-state index contributed by atoms with van der Waals surface area (Å²) in [5.74, 6) is 0.898. The Labute approximate surface area is 214 Å². The molecule has 6 aliphatic rings. The highest BCUT2D eigenvalue weighted by Crippen LogP contribution is 2.39. The van der Waals surface area contributed by atoms with Gasteiger partial charge in [-0.15, -0.1) is 0 Å². The molecule has 0 amide bonds. The van der Waals surface area contributed by atoms with Crippen LogP contribution in [0.3, 0.4) is 0 Å². The van der Waals surface area contributed by atoms with Crippen LogP contribution in [0.2, 0.25) is 0 Å². The van der Waals surface area contributed by atoms with Crippen molar-refractivity contribution in [2.45, 2.75) is 82.1 Å². The average molecular weight is 501 g/mol. The third-order valence-corrected chi connectivity index (χ3v) is 9.52. The van der Waals surface area contributed by atoms with Gasteiger partial charge in [0.2, 0.25) is 0 Å². The van der Waals surface area contributed by atoms with E-state index in [0.717, 1.165) is 65.1 Å². The Balaban J connectivity index is 1.15. The van der Waals surface area contributed by atoms with Gasteiger partial charge in [0.05, 0.1) is 31.1 Å². The van der Waals surface area contributed by atoms with Crippen LogP contribution in [-0.2, 0) is 17.8 Å². The lowest BCUT2D eigenvalue weighted by Gasteiger charge is -2.43. The number of hydrazine groups is 2. The van der Waals surface area contributed by atoms with Crippen molar-refractivity contribution >= 4 is 0 Å². The first kappa shape index (κ1) is 24.0. The minimum atomic E-state index is 0.0643. The van der Waals surface area contributed by atoms with Gasteiger partial charge < -0.3 is 25.3 Å². The van der Waals surface area contributed by atoms with Crippen LogP contribution in [0.15, 0.2) is 12.1 Å². The van der Waals surface area contributed by atoms with Gasteiger partial charge in [0.15, 0.2) is 0 Å². The van der Waals surface area contributed by atoms with Gasteiger partial charge in [0, 0.05) is 75.1 Å². The van der Waals surface area contributed by atoms with Crippen LogP contribution in [0.25, 0.3) is 0 Å². The summed E-state index contributed by atoms with van der Waals surface area (Å²) in [6.45, 7) is 9.17. The average Bonchev–Trinajstić information content (AvgIpc) is 3.59. The molecule has 1 aromatic heterocycles. The van der Waals surface area contributed by atoms with Gasteiger partial charge >= 0.3 is 0 Å². The fraction of sp³-hybridized carbons (Fsp3) is 0.840. The molecule has 0 spiro atoms. The van der Waals surface area contributed by atoms with Crippen LogP contribution in [0, 0.1) is 11.8 Å². The number of nitrogens with one attached hydrogen (secondary N) is 7. The Morgan fingerprint density at radius 2 is 1.94 bits per heavy atom. The fourth-order valence-corrected chi connectivity index (χ4v) is 7.56. The Bertz CT molecular complexity index is 927. The second-order valence-corrected chi connectivity index (χ2v) is 11.7. The highest BCUT2D eigenvalue weighted by molar-refractivity contribution is 5.24. The maximum absolute atomic E-state index is 6.55. The van der Waals surface area contributed by atoms with Crippen molar-refractivity contribution in [3.8, 4) is 0 Å². The number of fused-ring (bicyclic) bond motifs is 6. The van der Waals surface area contributed by atoms with E-state index >= 15 is 0 Å². The van der Waals surface area contributed by atoms with Gasteiger partial charge in [-0.3, -0.25) is 16.1 Å². The van der Waals surface area contributed by atoms with Crippen LogP contribution in [0.1, 0.15) is 43.6 Å². The topological polar surface area (TPSA) is 105 Å². The molecule has 8 unspecified atom stereocenters. The van der Waals surface area contributed by atoms with Gasteiger partial charge in [-0.05, 0) is 44.9 Å². The number of ether oxygens (including phenoxy) is 1. The summed E-state index contributed by atoms with van der Waals surface area (Å²) < 4.78 is 9.11. The molecule has 4 bridgehead atoms. The molecule has 11 nitrogen and oxygen atoms in total. The summed E-state index contributed by atoms with van der Waals surface area (Å²) in [6, 6.07) is 5.90. The Kier molecular flexibility index (Phi) is 6.58. The van der Waals surface area contributed by atoms with Gasteiger partial charge in [-0.1, -0.05) is 0 Å². The van der Waals surface area contributed by atoms with E-state index in [9.17, 15) is 0 Å². The maximum Gasteiger partial charge on any atom is 0.129 e. The number of piperidine rings is 1. The highest BCUT2D eigenvalue weighted by atomic mass is 16.5. The fourth-order valence-electron chi connectivity index (χ4n) is 7.56. The monoisotopic (exact) mass is 500 g/mol. The predicted octanol–water partition coefficient (Wildman–Crippen LogP) is -1.22. The zero-order valence-corrected chi connectivity index (χ0v) is 21.7. The first-order valence-corrected chi connectivity index (χ1v) is 14.2. The van der Waals surface area contributed by atoms with Crippen molar-refractivity contribution in [3.63, 3.8) is 0 Å². The molecule has 7 heterocycles. The van der Waals surface area contributed by atoms with Gasteiger partial charge in [-0.25, -0.2) is 15.4 Å². The van der Waals surface area contributed by atoms with E-state index < -0.39 is 0 Å². The van der Waals surface area contributed by atoms with E-state index in [-0.39, 0.29) is 12.4 Å². The predicted molar refractivity (Wildman–Crippen MR) is 137 cm³/mol. The largest absolute Gasteiger partial charge is 0.361 e. The van der Waals surface area contributed by atoms with Crippen molar-refractivity contribution in [1.29, 1.82) is 0 Å². The minimum absolute atomic E-state index is 0.0643. The molecule has 5 saturated heterocycles. The summed E-state index contributed by atoms with van der Waals surface area (Å²) in [5, 5.41) is 23.7. The molecule has 0 aliphatic carbocycles. The molecular weight excluding hydrogens is 456 g/mol. The van der Waals surface area contributed by atoms with E-state index in [4.69, 9.17) is 4.74 Å². The maximum atomic E-state index is 6.55. The summed E-state index contributed by atoms with van der Waals surface area (Å²) >= 11 is 0. The zero-order chi connectivity index (χ0) is 24.2. The molecule has 36 heavy (non-hydrogen) atoms. The second kappa shape index (κ2) is 9.88. The summed E-state index contributed by atoms with van der Waals surface area (Å²) in [7, 11) is 2.11. The first-order valence-electron chi connectivity index (χ1n) is 14.2. The highest BCUT2D eigenvalue weighted by Gasteiger charge is 2.49. The van der Waals surface area contributed by atoms with Crippen LogP contribution in [0.4, 0.5) is 0 Å². The van der Waals surface area contributed by atoms with Crippen LogP contribution in [-0.4, -0.2) is 91.2 Å². The smallest absolute Gasteiger partial charge is 0.129 e. The van der Waals surface area contributed by atoms with Crippen molar-refractivity contribution in [2.75, 3.05) is 39.8 Å². The molecule has 7 rings (SSSR count). The third kappa shape index (κ3) is 4.23. The zero-order valence-electron chi connectivity index (χ0n) is 21.7. The van der Waals surface area contributed by atoms with Gasteiger partial charge in [0.1, 0.15) is 6.23 Å². The van der Waals surface area contributed by atoms with E-state index in [0.29, 0.717) is 42.3 Å².